The first-order valence-corrected chi connectivity index (χ1v) is 7.47. The van der Waals surface area contributed by atoms with Crippen molar-refractivity contribution in [1.82, 2.24) is 15.4 Å². The molecule has 0 unspecified atom stereocenters. The van der Waals surface area contributed by atoms with E-state index in [0.717, 1.165) is 25.9 Å². The number of amides is 2. The number of carboxylic acid groups (broad SMARTS) is 1. The van der Waals surface area contributed by atoms with Crippen LogP contribution in [0, 0.1) is 17.8 Å². The van der Waals surface area contributed by atoms with E-state index in [4.69, 9.17) is 10.3 Å². The monoisotopic (exact) mass is 308 g/mol. The van der Waals surface area contributed by atoms with Crippen LogP contribution in [0.3, 0.4) is 0 Å². The van der Waals surface area contributed by atoms with Crippen molar-refractivity contribution in [2.75, 3.05) is 19.6 Å². The Bertz CT molecular complexity index is 561. The maximum absolute atomic E-state index is 11.4. The smallest absolute Gasteiger partial charge is 0.407 e. The average Bonchev–Trinajstić information content (AvgIpc) is 3.12. The molecule has 1 aliphatic heterocycles. The molecule has 3 rings (SSSR count). The summed E-state index contributed by atoms with van der Waals surface area (Å²) in [4.78, 5) is 23.8. The Kier molecular flexibility index (Phi) is 4.02. The third kappa shape index (κ3) is 3.06. The number of rotatable bonds is 5. The molecule has 1 saturated carbocycles. The SMILES string of the molecule is NC(=O)c1cc(CN(C[C@H]2C[C@H]3CNC[C@H]3C2)C(=O)O)on1. The number of hydrogen-bond donors (Lipinski definition) is 3. The molecule has 1 saturated heterocycles. The summed E-state index contributed by atoms with van der Waals surface area (Å²) < 4.78 is 4.98. The first-order chi connectivity index (χ1) is 10.5. The standard InChI is InChI=1S/C14H20N4O4/c15-13(19)12-3-11(22-17-12)7-18(14(20)21)6-8-1-9-4-16-5-10(9)2-8/h3,8-10,16H,1-2,4-7H2,(H2,15,19)(H,20,21)/t8-,9-,10+. The summed E-state index contributed by atoms with van der Waals surface area (Å²) in [6, 6.07) is 1.39. The fraction of sp³-hybridized carbons (Fsp3) is 0.643. The largest absolute Gasteiger partial charge is 0.465 e. The average molecular weight is 308 g/mol. The van der Waals surface area contributed by atoms with Gasteiger partial charge in [-0.1, -0.05) is 5.16 Å². The van der Waals surface area contributed by atoms with Gasteiger partial charge in [-0.25, -0.2) is 4.79 Å². The summed E-state index contributed by atoms with van der Waals surface area (Å²) in [7, 11) is 0. The van der Waals surface area contributed by atoms with Crippen molar-refractivity contribution in [2.45, 2.75) is 19.4 Å². The predicted octanol–water partition coefficient (Wildman–Crippen LogP) is 0.499. The fourth-order valence-electron chi connectivity index (χ4n) is 3.65. The van der Waals surface area contributed by atoms with Crippen molar-refractivity contribution in [1.29, 1.82) is 0 Å². The van der Waals surface area contributed by atoms with Gasteiger partial charge >= 0.3 is 6.09 Å². The molecule has 2 fully saturated rings. The van der Waals surface area contributed by atoms with Gasteiger partial charge in [0.1, 0.15) is 0 Å². The maximum Gasteiger partial charge on any atom is 0.407 e. The van der Waals surface area contributed by atoms with Crippen molar-refractivity contribution >= 4 is 12.0 Å². The maximum atomic E-state index is 11.4. The lowest BCUT2D eigenvalue weighted by Crippen LogP contribution is -2.33. The van der Waals surface area contributed by atoms with E-state index in [-0.39, 0.29) is 12.2 Å². The highest BCUT2D eigenvalue weighted by molar-refractivity contribution is 5.90. The molecule has 22 heavy (non-hydrogen) atoms. The van der Waals surface area contributed by atoms with E-state index in [1.54, 1.807) is 0 Å². The first kappa shape index (κ1) is 14.8. The summed E-state index contributed by atoms with van der Waals surface area (Å²) in [5.74, 6) is 1.37. The Balaban J connectivity index is 1.60. The number of fused-ring (bicyclic) bond motifs is 1. The molecule has 3 atom stereocenters. The van der Waals surface area contributed by atoms with Gasteiger partial charge in [-0.3, -0.25) is 4.79 Å². The van der Waals surface area contributed by atoms with Gasteiger partial charge in [0, 0.05) is 12.6 Å². The second kappa shape index (κ2) is 5.96. The molecule has 0 bridgehead atoms. The van der Waals surface area contributed by atoms with Crippen LogP contribution in [0.5, 0.6) is 0 Å². The van der Waals surface area contributed by atoms with Gasteiger partial charge in [-0.15, -0.1) is 0 Å². The third-order valence-corrected chi connectivity index (χ3v) is 4.66. The van der Waals surface area contributed by atoms with E-state index in [9.17, 15) is 14.7 Å². The van der Waals surface area contributed by atoms with Crippen LogP contribution < -0.4 is 11.1 Å². The molecular weight excluding hydrogens is 288 g/mol. The zero-order chi connectivity index (χ0) is 15.7. The summed E-state index contributed by atoms with van der Waals surface area (Å²) in [5, 5.41) is 16.3. The molecule has 4 N–H and O–H groups in total. The molecule has 0 radical (unpaired) electrons. The lowest BCUT2D eigenvalue weighted by molar-refractivity contribution is 0.0990. The van der Waals surface area contributed by atoms with Crippen molar-refractivity contribution in [2.24, 2.45) is 23.5 Å². The van der Waals surface area contributed by atoms with E-state index in [2.05, 4.69) is 10.5 Å². The fourth-order valence-corrected chi connectivity index (χ4v) is 3.65. The Morgan fingerprint density at radius 2 is 2.09 bits per heavy atom. The number of carbonyl (C=O) groups excluding carboxylic acids is 1. The summed E-state index contributed by atoms with van der Waals surface area (Å²) >= 11 is 0. The number of carbonyl (C=O) groups is 2. The summed E-state index contributed by atoms with van der Waals surface area (Å²) in [5.41, 5.74) is 5.12. The zero-order valence-corrected chi connectivity index (χ0v) is 12.2. The van der Waals surface area contributed by atoms with Crippen molar-refractivity contribution in [3.63, 3.8) is 0 Å². The van der Waals surface area contributed by atoms with Gasteiger partial charge < -0.3 is 25.6 Å². The van der Waals surface area contributed by atoms with Crippen LogP contribution in [-0.2, 0) is 6.54 Å². The lowest BCUT2D eigenvalue weighted by atomic mass is 10.0. The summed E-state index contributed by atoms with van der Waals surface area (Å²) in [6.07, 6.45) is 1.13. The highest BCUT2D eigenvalue weighted by Crippen LogP contribution is 2.38. The highest BCUT2D eigenvalue weighted by atomic mass is 16.5. The molecule has 0 aromatic carbocycles. The minimum atomic E-state index is -0.993. The Labute approximate surface area is 127 Å². The number of nitrogens with one attached hydrogen (secondary N) is 1. The van der Waals surface area contributed by atoms with E-state index in [1.807, 2.05) is 0 Å². The number of nitrogens with zero attached hydrogens (tertiary/aromatic N) is 2. The van der Waals surface area contributed by atoms with Gasteiger partial charge in [0.05, 0.1) is 6.54 Å². The number of primary amides is 1. The van der Waals surface area contributed by atoms with Gasteiger partial charge in [0.25, 0.3) is 5.91 Å². The van der Waals surface area contributed by atoms with Crippen molar-refractivity contribution in [3.05, 3.63) is 17.5 Å². The lowest BCUT2D eigenvalue weighted by Gasteiger charge is -2.22. The van der Waals surface area contributed by atoms with Crippen LogP contribution in [0.4, 0.5) is 4.79 Å². The Morgan fingerprint density at radius 3 is 2.64 bits per heavy atom. The topological polar surface area (TPSA) is 122 Å². The minimum absolute atomic E-state index is 0.0156. The van der Waals surface area contributed by atoms with E-state index < -0.39 is 12.0 Å². The van der Waals surface area contributed by atoms with E-state index in [0.29, 0.717) is 30.1 Å². The molecule has 1 aromatic rings. The van der Waals surface area contributed by atoms with Crippen LogP contribution >= 0.6 is 0 Å². The van der Waals surface area contributed by atoms with Crippen LogP contribution in [0.25, 0.3) is 0 Å². The van der Waals surface area contributed by atoms with Gasteiger partial charge in [0.15, 0.2) is 11.5 Å². The molecule has 8 heteroatoms. The first-order valence-electron chi connectivity index (χ1n) is 7.47. The van der Waals surface area contributed by atoms with Gasteiger partial charge in [0.2, 0.25) is 0 Å². The number of aromatic nitrogens is 1. The number of hydrogen-bond acceptors (Lipinski definition) is 5. The molecular formula is C14H20N4O4. The molecule has 8 nitrogen and oxygen atoms in total. The molecule has 0 spiro atoms. The molecule has 1 aliphatic carbocycles. The molecule has 1 aromatic heterocycles. The molecule has 2 aliphatic rings. The van der Waals surface area contributed by atoms with Crippen molar-refractivity contribution in [3.8, 4) is 0 Å². The Morgan fingerprint density at radius 1 is 1.41 bits per heavy atom. The minimum Gasteiger partial charge on any atom is -0.465 e. The predicted molar refractivity (Wildman–Crippen MR) is 76.0 cm³/mol. The van der Waals surface area contributed by atoms with Crippen molar-refractivity contribution < 1.29 is 19.2 Å². The van der Waals surface area contributed by atoms with Crippen LogP contribution in [0.2, 0.25) is 0 Å². The zero-order valence-electron chi connectivity index (χ0n) is 12.2. The van der Waals surface area contributed by atoms with Gasteiger partial charge in [-0.05, 0) is 43.7 Å². The molecule has 2 amide bonds. The highest BCUT2D eigenvalue weighted by Gasteiger charge is 2.38. The Hall–Kier alpha value is -2.09. The normalized spacial score (nSPS) is 26.8. The van der Waals surface area contributed by atoms with Crippen LogP contribution in [0.1, 0.15) is 29.1 Å². The number of nitrogens with two attached hydrogens (primary N) is 1. The second-order valence-corrected chi connectivity index (χ2v) is 6.22. The van der Waals surface area contributed by atoms with Gasteiger partial charge in [-0.2, -0.15) is 0 Å². The molecule has 2 heterocycles. The third-order valence-electron chi connectivity index (χ3n) is 4.66. The van der Waals surface area contributed by atoms with Crippen LogP contribution in [-0.4, -0.2) is 46.8 Å². The van der Waals surface area contributed by atoms with E-state index in [1.165, 1.54) is 11.0 Å². The summed E-state index contributed by atoms with van der Waals surface area (Å²) in [6.45, 7) is 2.64. The second-order valence-electron chi connectivity index (χ2n) is 6.22. The van der Waals surface area contributed by atoms with E-state index >= 15 is 0 Å². The van der Waals surface area contributed by atoms with Crippen LogP contribution in [0.15, 0.2) is 10.6 Å². The molecule has 120 valence electrons. The quantitative estimate of drug-likeness (QED) is 0.728.